The van der Waals surface area contributed by atoms with Crippen molar-refractivity contribution in [1.29, 1.82) is 0 Å². The van der Waals surface area contributed by atoms with Crippen molar-refractivity contribution in [1.82, 2.24) is 10.1 Å². The van der Waals surface area contributed by atoms with Gasteiger partial charge in [0.25, 0.3) is 5.91 Å². The first-order chi connectivity index (χ1) is 13.7. The lowest BCUT2D eigenvalue weighted by atomic mass is 9.97. The van der Waals surface area contributed by atoms with Crippen LogP contribution in [0.15, 0.2) is 71.5 Å². The van der Waals surface area contributed by atoms with Gasteiger partial charge in [-0.2, -0.15) is 4.73 Å². The third-order valence-corrected chi connectivity index (χ3v) is 5.21. The van der Waals surface area contributed by atoms with E-state index >= 15 is 0 Å². The molecule has 0 bridgehead atoms. The molecule has 138 valence electrons. The van der Waals surface area contributed by atoms with Crippen LogP contribution in [-0.4, -0.2) is 22.5 Å². The van der Waals surface area contributed by atoms with Gasteiger partial charge in [0.05, 0.1) is 12.1 Å². The molecule has 6 heteroatoms. The maximum atomic E-state index is 12.9. The van der Waals surface area contributed by atoms with Crippen molar-refractivity contribution in [3.8, 4) is 11.3 Å². The van der Waals surface area contributed by atoms with Crippen molar-refractivity contribution in [3.05, 3.63) is 89.1 Å². The first kappa shape index (κ1) is 16.5. The highest BCUT2D eigenvalue weighted by molar-refractivity contribution is 5.97. The van der Waals surface area contributed by atoms with Gasteiger partial charge in [0.15, 0.2) is 12.4 Å². The van der Waals surface area contributed by atoms with Crippen molar-refractivity contribution in [2.24, 2.45) is 0 Å². The van der Waals surface area contributed by atoms with Crippen LogP contribution in [0.4, 0.5) is 0 Å². The van der Waals surface area contributed by atoms with Crippen molar-refractivity contribution in [2.45, 2.75) is 13.0 Å². The number of benzene rings is 2. The number of carbonyl (C=O) groups excluding carboxylic acids is 1. The quantitative estimate of drug-likeness (QED) is 0.400. The molecule has 1 amide bonds. The second-order valence-corrected chi connectivity index (χ2v) is 6.88. The number of amides is 1. The lowest BCUT2D eigenvalue weighted by Crippen LogP contribution is -2.36. The summed E-state index contributed by atoms with van der Waals surface area (Å²) >= 11 is 0. The molecule has 0 spiro atoms. The molecule has 0 saturated carbocycles. The largest absolute Gasteiger partial charge is 0.619 e. The summed E-state index contributed by atoms with van der Waals surface area (Å²) in [6.07, 6.45) is 3.29. The summed E-state index contributed by atoms with van der Waals surface area (Å²) in [5.41, 5.74) is 3.24. The minimum atomic E-state index is -0.101. The third-order valence-electron chi connectivity index (χ3n) is 5.21. The summed E-state index contributed by atoms with van der Waals surface area (Å²) in [6, 6.07) is 17.4. The fraction of sp³-hybridized carbons (Fsp3) is 0.136. The Bertz CT molecular complexity index is 1180. The van der Waals surface area contributed by atoms with Crippen LogP contribution in [0.25, 0.3) is 22.0 Å². The normalized spacial score (nSPS) is 13.5. The zero-order valence-corrected chi connectivity index (χ0v) is 15.0. The number of fused-ring (bicyclic) bond motifs is 2. The van der Waals surface area contributed by atoms with E-state index in [9.17, 15) is 10.0 Å². The predicted octanol–water partition coefficient (Wildman–Crippen LogP) is 3.33. The van der Waals surface area contributed by atoms with Gasteiger partial charge in [-0.3, -0.25) is 4.79 Å². The minimum Gasteiger partial charge on any atom is -0.619 e. The molecule has 28 heavy (non-hydrogen) atoms. The van der Waals surface area contributed by atoms with Crippen LogP contribution >= 0.6 is 0 Å². The van der Waals surface area contributed by atoms with Crippen molar-refractivity contribution in [2.75, 3.05) is 6.54 Å². The predicted molar refractivity (Wildman–Crippen MR) is 103 cm³/mol. The highest BCUT2D eigenvalue weighted by Gasteiger charge is 2.28. The van der Waals surface area contributed by atoms with Crippen LogP contribution < -0.4 is 4.73 Å². The van der Waals surface area contributed by atoms with Gasteiger partial charge in [-0.1, -0.05) is 47.6 Å². The molecular weight excluding hydrogens is 354 g/mol. The summed E-state index contributed by atoms with van der Waals surface area (Å²) in [4.78, 5) is 14.6. The second kappa shape index (κ2) is 6.49. The molecule has 1 aliphatic heterocycles. The zero-order chi connectivity index (χ0) is 19.1. The van der Waals surface area contributed by atoms with E-state index in [-0.39, 0.29) is 5.91 Å². The van der Waals surface area contributed by atoms with Gasteiger partial charge in [0, 0.05) is 36.2 Å². The number of hydrogen-bond acceptors (Lipinski definition) is 4. The Morgan fingerprint density at radius 3 is 2.71 bits per heavy atom. The Labute approximate surface area is 161 Å². The first-order valence-electron chi connectivity index (χ1n) is 9.14. The van der Waals surface area contributed by atoms with Crippen LogP contribution in [0.1, 0.15) is 21.7 Å². The van der Waals surface area contributed by atoms with E-state index in [1.807, 2.05) is 24.3 Å². The van der Waals surface area contributed by atoms with Gasteiger partial charge in [-0.05, 0) is 10.8 Å². The topological polar surface area (TPSA) is 73.3 Å². The molecule has 0 radical (unpaired) electrons. The lowest BCUT2D eigenvalue weighted by Gasteiger charge is -2.26. The maximum absolute atomic E-state index is 12.9. The van der Waals surface area contributed by atoms with Crippen LogP contribution in [0.3, 0.4) is 0 Å². The standard InChI is InChI=1S/C22H17N3O3/c26-22(16-8-12-25(27)13-9-16)24-11-10-20-19(14-24)21(23-28-20)18-7-3-5-15-4-1-2-6-17(15)18/h1-9,12-13H,10-11,14H2. The molecule has 4 aromatic rings. The molecule has 3 heterocycles. The van der Waals surface area contributed by atoms with Crippen molar-refractivity contribution in [3.63, 3.8) is 0 Å². The van der Waals surface area contributed by atoms with Crippen LogP contribution in [0.2, 0.25) is 0 Å². The Morgan fingerprint density at radius 1 is 1.07 bits per heavy atom. The molecule has 0 fully saturated rings. The second-order valence-electron chi connectivity index (χ2n) is 6.88. The SMILES string of the molecule is O=C(c1cc[n+]([O-])cc1)N1CCc2onc(-c3cccc4ccccc34)c2C1. The highest BCUT2D eigenvalue weighted by atomic mass is 16.5. The number of carbonyl (C=O) groups is 1. The molecule has 0 N–H and O–H groups in total. The molecule has 5 rings (SSSR count). The molecule has 0 saturated heterocycles. The van der Waals surface area contributed by atoms with Gasteiger partial charge in [-0.25, -0.2) is 0 Å². The van der Waals surface area contributed by atoms with E-state index < -0.39 is 0 Å². The molecule has 0 aliphatic carbocycles. The number of rotatable bonds is 2. The highest BCUT2D eigenvalue weighted by Crippen LogP contribution is 2.34. The summed E-state index contributed by atoms with van der Waals surface area (Å²) in [7, 11) is 0. The van der Waals surface area contributed by atoms with Crippen molar-refractivity contribution < 1.29 is 14.0 Å². The molecular formula is C22H17N3O3. The average molecular weight is 371 g/mol. The van der Waals surface area contributed by atoms with E-state index in [1.165, 1.54) is 12.4 Å². The number of pyridine rings is 1. The third kappa shape index (κ3) is 2.70. The summed E-state index contributed by atoms with van der Waals surface area (Å²) in [6.45, 7) is 0.991. The van der Waals surface area contributed by atoms with E-state index in [0.717, 1.165) is 33.4 Å². The number of aromatic nitrogens is 2. The van der Waals surface area contributed by atoms with Gasteiger partial charge in [-0.15, -0.1) is 0 Å². The fourth-order valence-electron chi connectivity index (χ4n) is 3.76. The van der Waals surface area contributed by atoms with E-state index in [4.69, 9.17) is 4.52 Å². The summed E-state index contributed by atoms with van der Waals surface area (Å²) in [5, 5.41) is 17.8. The molecule has 0 unspecified atom stereocenters. The lowest BCUT2D eigenvalue weighted by molar-refractivity contribution is -0.605. The Hall–Kier alpha value is -3.67. The Kier molecular flexibility index (Phi) is 3.83. The minimum absolute atomic E-state index is 0.101. The van der Waals surface area contributed by atoms with Crippen LogP contribution in [0.5, 0.6) is 0 Å². The van der Waals surface area contributed by atoms with Crippen LogP contribution in [0, 0.1) is 5.21 Å². The van der Waals surface area contributed by atoms with Crippen molar-refractivity contribution >= 4 is 16.7 Å². The van der Waals surface area contributed by atoms with Gasteiger partial charge >= 0.3 is 0 Å². The molecule has 0 atom stereocenters. The Morgan fingerprint density at radius 2 is 1.86 bits per heavy atom. The number of nitrogens with zero attached hydrogens (tertiary/aromatic N) is 3. The average Bonchev–Trinajstić information content (AvgIpc) is 3.16. The van der Waals surface area contributed by atoms with Crippen LogP contribution in [-0.2, 0) is 13.0 Å². The first-order valence-corrected chi connectivity index (χ1v) is 9.14. The van der Waals surface area contributed by atoms with E-state index in [1.54, 1.807) is 17.0 Å². The Balaban J connectivity index is 1.52. The smallest absolute Gasteiger partial charge is 0.254 e. The molecule has 2 aromatic heterocycles. The zero-order valence-electron chi connectivity index (χ0n) is 15.0. The monoisotopic (exact) mass is 371 g/mol. The van der Waals surface area contributed by atoms with Gasteiger partial charge in [0.2, 0.25) is 0 Å². The number of hydrogen-bond donors (Lipinski definition) is 0. The molecule has 2 aromatic carbocycles. The molecule has 1 aliphatic rings. The van der Waals surface area contributed by atoms with Gasteiger partial charge in [0.1, 0.15) is 11.5 Å². The van der Waals surface area contributed by atoms with Gasteiger partial charge < -0.3 is 14.6 Å². The summed E-state index contributed by atoms with van der Waals surface area (Å²) < 4.78 is 6.28. The molecule has 6 nitrogen and oxygen atoms in total. The summed E-state index contributed by atoms with van der Waals surface area (Å²) in [5.74, 6) is 0.730. The van der Waals surface area contributed by atoms with E-state index in [0.29, 0.717) is 29.8 Å². The fourth-order valence-corrected chi connectivity index (χ4v) is 3.76. The maximum Gasteiger partial charge on any atom is 0.254 e. The van der Waals surface area contributed by atoms with E-state index in [2.05, 4.69) is 23.4 Å².